The zero-order valence-electron chi connectivity index (χ0n) is 10.4. The zero-order valence-corrected chi connectivity index (χ0v) is 15.2. The number of nitro benzene ring substituents is 1. The second kappa shape index (κ2) is 6.76. The van der Waals surface area contributed by atoms with Crippen molar-refractivity contribution in [3.63, 3.8) is 0 Å². The number of aromatic hydroxyl groups is 1. The SMILES string of the molecule is O=[N+]([O-])c1ccc(NCc2cc(Br)c(O)c(Br)c2)c(Br)c1. The molecule has 8 heteroatoms. The molecule has 0 saturated carbocycles. The first kappa shape index (κ1) is 16.3. The Bertz CT molecular complexity index is 684. The number of hydrogen-bond donors (Lipinski definition) is 2. The van der Waals surface area contributed by atoms with Crippen molar-refractivity contribution < 1.29 is 10.0 Å². The Kier molecular flexibility index (Phi) is 5.23. The van der Waals surface area contributed by atoms with Gasteiger partial charge in [0.05, 0.1) is 13.9 Å². The normalized spacial score (nSPS) is 10.4. The molecule has 0 unspecified atom stereocenters. The van der Waals surface area contributed by atoms with E-state index in [0.29, 0.717) is 20.0 Å². The van der Waals surface area contributed by atoms with Gasteiger partial charge >= 0.3 is 0 Å². The molecule has 0 bridgehead atoms. The second-order valence-electron chi connectivity index (χ2n) is 4.18. The topological polar surface area (TPSA) is 75.4 Å². The van der Waals surface area contributed by atoms with Crippen LogP contribution in [0.5, 0.6) is 5.75 Å². The van der Waals surface area contributed by atoms with Crippen molar-refractivity contribution >= 4 is 59.2 Å². The van der Waals surface area contributed by atoms with Crippen LogP contribution in [0.4, 0.5) is 11.4 Å². The molecule has 2 N–H and O–H groups in total. The molecule has 0 heterocycles. The molecule has 110 valence electrons. The summed E-state index contributed by atoms with van der Waals surface area (Å²) in [5.74, 6) is 0.148. The predicted molar refractivity (Wildman–Crippen MR) is 91.6 cm³/mol. The first-order valence-electron chi connectivity index (χ1n) is 5.73. The van der Waals surface area contributed by atoms with Crippen molar-refractivity contribution in [3.05, 3.63) is 59.4 Å². The fourth-order valence-corrected chi connectivity index (χ4v) is 3.47. The van der Waals surface area contributed by atoms with Crippen LogP contribution < -0.4 is 5.32 Å². The molecule has 0 saturated heterocycles. The molecule has 0 aliphatic carbocycles. The lowest BCUT2D eigenvalue weighted by atomic mass is 10.2. The lowest BCUT2D eigenvalue weighted by Gasteiger charge is -2.10. The van der Waals surface area contributed by atoms with Crippen LogP contribution in [0.25, 0.3) is 0 Å². The Morgan fingerprint density at radius 1 is 1.10 bits per heavy atom. The van der Waals surface area contributed by atoms with E-state index in [1.54, 1.807) is 18.2 Å². The third-order valence-corrected chi connectivity index (χ3v) is 4.59. The summed E-state index contributed by atoms with van der Waals surface area (Å²) in [5.41, 5.74) is 1.72. The minimum absolute atomic E-state index is 0.0301. The smallest absolute Gasteiger partial charge is 0.270 e. The van der Waals surface area contributed by atoms with Crippen molar-refractivity contribution in [2.45, 2.75) is 6.54 Å². The summed E-state index contributed by atoms with van der Waals surface area (Å²) in [4.78, 5) is 10.2. The van der Waals surface area contributed by atoms with Gasteiger partial charge in [-0.05, 0) is 71.6 Å². The maximum atomic E-state index is 10.7. The highest BCUT2D eigenvalue weighted by Crippen LogP contribution is 2.34. The van der Waals surface area contributed by atoms with Crippen molar-refractivity contribution in [1.29, 1.82) is 0 Å². The molecule has 2 aromatic rings. The fraction of sp³-hybridized carbons (Fsp3) is 0.0769. The van der Waals surface area contributed by atoms with E-state index in [4.69, 9.17) is 0 Å². The van der Waals surface area contributed by atoms with Crippen molar-refractivity contribution in [3.8, 4) is 5.75 Å². The molecule has 0 aromatic heterocycles. The average molecular weight is 481 g/mol. The summed E-state index contributed by atoms with van der Waals surface area (Å²) in [7, 11) is 0. The standard InChI is InChI=1S/C13H9Br3N2O3/c14-9-5-8(18(20)21)1-2-12(9)17-6-7-3-10(15)13(19)11(16)4-7/h1-5,17,19H,6H2. The highest BCUT2D eigenvalue weighted by atomic mass is 79.9. The number of benzene rings is 2. The molecule has 0 aliphatic heterocycles. The molecule has 0 atom stereocenters. The molecule has 5 nitrogen and oxygen atoms in total. The molecule has 0 radical (unpaired) electrons. The van der Waals surface area contributed by atoms with Gasteiger partial charge in [0.1, 0.15) is 5.75 Å². The number of halogens is 3. The lowest BCUT2D eigenvalue weighted by Crippen LogP contribution is -2.01. The van der Waals surface area contributed by atoms with Crippen LogP contribution in [-0.2, 0) is 6.54 Å². The maximum Gasteiger partial charge on any atom is 0.270 e. The van der Waals surface area contributed by atoms with Crippen LogP contribution >= 0.6 is 47.8 Å². The molecular formula is C13H9Br3N2O3. The highest BCUT2D eigenvalue weighted by molar-refractivity contribution is 9.11. The van der Waals surface area contributed by atoms with Crippen LogP contribution in [0.15, 0.2) is 43.7 Å². The highest BCUT2D eigenvalue weighted by Gasteiger charge is 2.10. The van der Waals surface area contributed by atoms with Gasteiger partial charge < -0.3 is 10.4 Å². The molecule has 0 amide bonds. The lowest BCUT2D eigenvalue weighted by molar-refractivity contribution is -0.384. The Hall–Kier alpha value is -1.12. The summed E-state index contributed by atoms with van der Waals surface area (Å²) in [6.07, 6.45) is 0. The van der Waals surface area contributed by atoms with Crippen LogP contribution in [0.1, 0.15) is 5.56 Å². The second-order valence-corrected chi connectivity index (χ2v) is 6.75. The van der Waals surface area contributed by atoms with E-state index in [1.165, 1.54) is 12.1 Å². The summed E-state index contributed by atoms with van der Waals surface area (Å²) in [6.45, 7) is 0.508. The van der Waals surface area contributed by atoms with Crippen molar-refractivity contribution in [1.82, 2.24) is 0 Å². The summed E-state index contributed by atoms with van der Waals surface area (Å²) in [6, 6.07) is 8.13. The van der Waals surface area contributed by atoms with Gasteiger partial charge in [-0.3, -0.25) is 10.1 Å². The number of rotatable bonds is 4. The van der Waals surface area contributed by atoms with Crippen LogP contribution in [-0.4, -0.2) is 10.0 Å². The van der Waals surface area contributed by atoms with E-state index in [1.807, 2.05) is 0 Å². The van der Waals surface area contributed by atoms with Gasteiger partial charge in [0.15, 0.2) is 0 Å². The Morgan fingerprint density at radius 3 is 2.24 bits per heavy atom. The van der Waals surface area contributed by atoms with E-state index in [-0.39, 0.29) is 11.4 Å². The first-order valence-corrected chi connectivity index (χ1v) is 8.11. The molecular weight excluding hydrogens is 472 g/mol. The van der Waals surface area contributed by atoms with E-state index in [0.717, 1.165) is 11.3 Å². The predicted octanol–water partition coefficient (Wildman–Crippen LogP) is 5.20. The molecule has 0 aliphatic rings. The van der Waals surface area contributed by atoms with Gasteiger partial charge in [-0.1, -0.05) is 0 Å². The Balaban J connectivity index is 2.15. The number of hydrogen-bond acceptors (Lipinski definition) is 4. The van der Waals surface area contributed by atoms with Gasteiger partial charge in [0, 0.05) is 28.8 Å². The quantitative estimate of drug-likeness (QED) is 0.466. The van der Waals surface area contributed by atoms with E-state index < -0.39 is 4.92 Å². The van der Waals surface area contributed by atoms with E-state index in [9.17, 15) is 15.2 Å². The number of nitrogens with zero attached hydrogens (tertiary/aromatic N) is 1. The Morgan fingerprint density at radius 2 is 1.71 bits per heavy atom. The van der Waals surface area contributed by atoms with Gasteiger partial charge in [0.25, 0.3) is 5.69 Å². The summed E-state index contributed by atoms with van der Waals surface area (Å²) < 4.78 is 1.81. The minimum atomic E-state index is -0.442. The fourth-order valence-electron chi connectivity index (χ4n) is 1.68. The van der Waals surface area contributed by atoms with Crippen molar-refractivity contribution in [2.75, 3.05) is 5.32 Å². The van der Waals surface area contributed by atoms with Gasteiger partial charge in [-0.15, -0.1) is 0 Å². The first-order chi connectivity index (χ1) is 9.88. The number of anilines is 1. The summed E-state index contributed by atoms with van der Waals surface area (Å²) >= 11 is 9.85. The Labute approximate surface area is 145 Å². The largest absolute Gasteiger partial charge is 0.506 e. The number of phenols is 1. The van der Waals surface area contributed by atoms with E-state index >= 15 is 0 Å². The monoisotopic (exact) mass is 478 g/mol. The number of non-ortho nitro benzene ring substituents is 1. The third kappa shape index (κ3) is 3.96. The molecule has 0 fully saturated rings. The number of nitrogens with one attached hydrogen (secondary N) is 1. The minimum Gasteiger partial charge on any atom is -0.506 e. The molecule has 2 aromatic carbocycles. The van der Waals surface area contributed by atoms with Crippen molar-refractivity contribution in [2.24, 2.45) is 0 Å². The molecule has 2 rings (SSSR count). The van der Waals surface area contributed by atoms with Crippen LogP contribution in [0.2, 0.25) is 0 Å². The zero-order chi connectivity index (χ0) is 15.6. The van der Waals surface area contributed by atoms with Crippen LogP contribution in [0.3, 0.4) is 0 Å². The molecule has 21 heavy (non-hydrogen) atoms. The summed E-state index contributed by atoms with van der Waals surface area (Å²) in [5, 5.41) is 23.5. The van der Waals surface area contributed by atoms with Gasteiger partial charge in [0.2, 0.25) is 0 Å². The van der Waals surface area contributed by atoms with E-state index in [2.05, 4.69) is 53.1 Å². The van der Waals surface area contributed by atoms with Crippen LogP contribution in [0, 0.1) is 10.1 Å². The van der Waals surface area contributed by atoms with Gasteiger partial charge in [-0.2, -0.15) is 0 Å². The molecule has 0 spiro atoms. The number of nitro groups is 1. The number of phenolic OH excluding ortho intramolecular Hbond substituents is 1. The maximum absolute atomic E-state index is 10.7. The third-order valence-electron chi connectivity index (χ3n) is 2.72. The van der Waals surface area contributed by atoms with Gasteiger partial charge in [-0.25, -0.2) is 0 Å². The average Bonchev–Trinajstić information content (AvgIpc) is 2.43.